The van der Waals surface area contributed by atoms with E-state index in [1.165, 1.54) is 11.3 Å². The molecule has 146 valence electrons. The van der Waals surface area contributed by atoms with Crippen LogP contribution in [0.3, 0.4) is 0 Å². The summed E-state index contributed by atoms with van der Waals surface area (Å²) < 4.78 is 10.4. The predicted molar refractivity (Wildman–Crippen MR) is 116 cm³/mol. The number of hydrogen-bond acceptors (Lipinski definition) is 6. The molecule has 0 bridgehead atoms. The lowest BCUT2D eigenvalue weighted by Gasteiger charge is -2.05. The van der Waals surface area contributed by atoms with E-state index in [9.17, 15) is 4.79 Å². The number of methoxy groups -OCH3 is 2. The number of amides is 1. The van der Waals surface area contributed by atoms with Gasteiger partial charge in [-0.05, 0) is 55.0 Å². The van der Waals surface area contributed by atoms with Crippen LogP contribution in [0.5, 0.6) is 11.5 Å². The summed E-state index contributed by atoms with van der Waals surface area (Å²) in [7, 11) is 3.30. The lowest BCUT2D eigenvalue weighted by molar-refractivity contribution is -0.115. The van der Waals surface area contributed by atoms with Crippen molar-refractivity contribution in [3.05, 3.63) is 53.4 Å². The first-order chi connectivity index (χ1) is 13.6. The Morgan fingerprint density at radius 2 is 1.93 bits per heavy atom. The van der Waals surface area contributed by atoms with E-state index >= 15 is 0 Å². The second-order valence-electron chi connectivity index (χ2n) is 6.04. The molecule has 1 N–H and O–H groups in total. The minimum Gasteiger partial charge on any atom is -0.497 e. The number of aromatic nitrogens is 1. The number of nitrogens with zero attached hydrogens (tertiary/aromatic N) is 1. The fourth-order valence-electron chi connectivity index (χ4n) is 2.62. The highest BCUT2D eigenvalue weighted by Gasteiger charge is 2.10. The third-order valence-corrected chi connectivity index (χ3v) is 5.87. The molecule has 0 unspecified atom stereocenters. The van der Waals surface area contributed by atoms with E-state index in [0.717, 1.165) is 33.2 Å². The molecule has 0 radical (unpaired) electrons. The van der Waals surface area contributed by atoms with Gasteiger partial charge in [0.1, 0.15) is 11.5 Å². The van der Waals surface area contributed by atoms with Crippen LogP contribution < -0.4 is 14.8 Å². The molecular formula is C21H22N2O3S2. The molecule has 0 saturated carbocycles. The van der Waals surface area contributed by atoms with Crippen LogP contribution >= 0.6 is 23.1 Å². The first-order valence-corrected chi connectivity index (χ1v) is 10.6. The maximum absolute atomic E-state index is 12.2. The van der Waals surface area contributed by atoms with Crippen LogP contribution in [0.1, 0.15) is 12.0 Å². The van der Waals surface area contributed by atoms with Crippen LogP contribution in [0.15, 0.2) is 52.7 Å². The van der Waals surface area contributed by atoms with Crippen LogP contribution in [-0.2, 0) is 4.79 Å². The Morgan fingerprint density at radius 1 is 1.14 bits per heavy atom. The van der Waals surface area contributed by atoms with Gasteiger partial charge in [0.25, 0.3) is 0 Å². The summed E-state index contributed by atoms with van der Waals surface area (Å²) in [4.78, 5) is 17.8. The van der Waals surface area contributed by atoms with Gasteiger partial charge in [0.05, 0.1) is 19.9 Å². The topological polar surface area (TPSA) is 60.5 Å². The van der Waals surface area contributed by atoms with Crippen molar-refractivity contribution in [2.24, 2.45) is 0 Å². The number of nitrogens with one attached hydrogen (secondary N) is 1. The summed E-state index contributed by atoms with van der Waals surface area (Å²) in [6, 6.07) is 13.7. The molecule has 0 aliphatic carbocycles. The Hall–Kier alpha value is -2.51. The summed E-state index contributed by atoms with van der Waals surface area (Å²) in [6.45, 7) is 2.00. The molecule has 0 spiro atoms. The number of benzene rings is 2. The maximum Gasteiger partial charge on any atom is 0.226 e. The highest BCUT2D eigenvalue weighted by Crippen LogP contribution is 2.29. The minimum absolute atomic E-state index is 0.0344. The van der Waals surface area contributed by atoms with Gasteiger partial charge < -0.3 is 14.8 Å². The van der Waals surface area contributed by atoms with E-state index in [4.69, 9.17) is 9.47 Å². The molecule has 0 aliphatic rings. The van der Waals surface area contributed by atoms with Gasteiger partial charge >= 0.3 is 0 Å². The first-order valence-electron chi connectivity index (χ1n) is 8.76. The molecule has 1 amide bonds. The lowest BCUT2D eigenvalue weighted by atomic mass is 10.1. The molecule has 0 fully saturated rings. The fraction of sp³-hybridized carbons (Fsp3) is 0.238. The third-order valence-electron chi connectivity index (χ3n) is 4.10. The molecule has 7 heteroatoms. The van der Waals surface area contributed by atoms with E-state index in [1.54, 1.807) is 26.0 Å². The van der Waals surface area contributed by atoms with Gasteiger partial charge in [-0.25, -0.2) is 4.98 Å². The van der Waals surface area contributed by atoms with Crippen molar-refractivity contribution in [2.45, 2.75) is 18.2 Å². The number of thioether (sulfide) groups is 1. The van der Waals surface area contributed by atoms with Gasteiger partial charge in [-0.3, -0.25) is 4.79 Å². The molecule has 5 nitrogen and oxygen atoms in total. The van der Waals surface area contributed by atoms with Crippen LogP contribution in [0.25, 0.3) is 11.3 Å². The monoisotopic (exact) mass is 414 g/mol. The molecule has 2 aromatic carbocycles. The zero-order chi connectivity index (χ0) is 19.9. The van der Waals surface area contributed by atoms with Gasteiger partial charge in [0.2, 0.25) is 5.91 Å². The Bertz CT molecular complexity index is 939. The average Bonchev–Trinajstić information content (AvgIpc) is 3.17. The first kappa shape index (κ1) is 20.2. The van der Waals surface area contributed by atoms with Crippen molar-refractivity contribution >= 4 is 34.1 Å². The van der Waals surface area contributed by atoms with Crippen molar-refractivity contribution in [1.82, 2.24) is 4.98 Å². The smallest absolute Gasteiger partial charge is 0.226 e. The van der Waals surface area contributed by atoms with Crippen molar-refractivity contribution in [3.63, 3.8) is 0 Å². The summed E-state index contributed by atoms with van der Waals surface area (Å²) in [6.07, 6.45) is 0.424. The van der Waals surface area contributed by atoms with Crippen molar-refractivity contribution in [2.75, 3.05) is 25.3 Å². The number of ether oxygens (including phenoxy) is 2. The largest absolute Gasteiger partial charge is 0.497 e. The standard InChI is InChI=1S/C21H22N2O3S2/c1-14-12-15(4-9-19(14)26-3)18-13-28-21(22-18)23-20(24)10-11-27-17-7-5-16(25-2)6-8-17/h4-9,12-13H,10-11H2,1-3H3,(H,22,23,24). The summed E-state index contributed by atoms with van der Waals surface area (Å²) in [5.41, 5.74) is 2.90. The average molecular weight is 415 g/mol. The highest BCUT2D eigenvalue weighted by atomic mass is 32.2. The fourth-order valence-corrected chi connectivity index (χ4v) is 4.20. The normalized spacial score (nSPS) is 10.5. The lowest BCUT2D eigenvalue weighted by Crippen LogP contribution is -2.11. The molecule has 0 saturated heterocycles. The van der Waals surface area contributed by atoms with Crippen molar-refractivity contribution in [1.29, 1.82) is 0 Å². The Morgan fingerprint density at radius 3 is 2.61 bits per heavy atom. The number of carbonyl (C=O) groups is 1. The molecule has 28 heavy (non-hydrogen) atoms. The van der Waals surface area contributed by atoms with Crippen LogP contribution in [0, 0.1) is 6.92 Å². The number of aryl methyl sites for hydroxylation is 1. The molecule has 3 aromatic rings. The minimum atomic E-state index is -0.0344. The number of carbonyl (C=O) groups excluding carboxylic acids is 1. The molecular weight excluding hydrogens is 392 g/mol. The van der Waals surface area contributed by atoms with E-state index in [2.05, 4.69) is 10.3 Å². The SMILES string of the molecule is COc1ccc(SCCC(=O)Nc2nc(-c3ccc(OC)c(C)c3)cs2)cc1. The van der Waals surface area contributed by atoms with E-state index in [-0.39, 0.29) is 5.91 Å². The molecule has 1 aromatic heterocycles. The van der Waals surface area contributed by atoms with Crippen molar-refractivity contribution in [3.8, 4) is 22.8 Å². The van der Waals surface area contributed by atoms with Crippen LogP contribution in [0.4, 0.5) is 5.13 Å². The molecule has 0 atom stereocenters. The number of hydrogen-bond donors (Lipinski definition) is 1. The number of anilines is 1. The van der Waals surface area contributed by atoms with Gasteiger partial charge in [0, 0.05) is 28.0 Å². The zero-order valence-corrected chi connectivity index (χ0v) is 17.7. The van der Waals surface area contributed by atoms with Crippen LogP contribution in [-0.4, -0.2) is 30.9 Å². The van der Waals surface area contributed by atoms with Gasteiger partial charge in [0.15, 0.2) is 5.13 Å². The number of rotatable bonds is 8. The summed E-state index contributed by atoms with van der Waals surface area (Å²) in [5.74, 6) is 2.34. The van der Waals surface area contributed by atoms with Gasteiger partial charge in [-0.1, -0.05) is 0 Å². The quantitative estimate of drug-likeness (QED) is 0.510. The molecule has 1 heterocycles. The Kier molecular flexibility index (Phi) is 6.95. The van der Waals surface area contributed by atoms with Gasteiger partial charge in [-0.2, -0.15) is 0 Å². The molecule has 0 aliphatic heterocycles. The zero-order valence-electron chi connectivity index (χ0n) is 16.0. The van der Waals surface area contributed by atoms with E-state index in [0.29, 0.717) is 17.3 Å². The summed E-state index contributed by atoms with van der Waals surface area (Å²) in [5, 5.41) is 5.45. The van der Waals surface area contributed by atoms with Crippen molar-refractivity contribution < 1.29 is 14.3 Å². The molecule has 3 rings (SSSR count). The maximum atomic E-state index is 12.2. The number of thiazole rings is 1. The van der Waals surface area contributed by atoms with E-state index < -0.39 is 0 Å². The van der Waals surface area contributed by atoms with Crippen LogP contribution in [0.2, 0.25) is 0 Å². The third kappa shape index (κ3) is 5.27. The highest BCUT2D eigenvalue weighted by molar-refractivity contribution is 7.99. The Balaban J connectivity index is 1.51. The summed E-state index contributed by atoms with van der Waals surface area (Å²) >= 11 is 3.07. The second kappa shape index (κ2) is 9.61. The van der Waals surface area contributed by atoms with Gasteiger partial charge in [-0.15, -0.1) is 23.1 Å². The Labute approximate surface area is 173 Å². The predicted octanol–water partition coefficient (Wildman–Crippen LogP) is 5.26. The second-order valence-corrected chi connectivity index (χ2v) is 8.07. The van der Waals surface area contributed by atoms with E-state index in [1.807, 2.05) is 54.8 Å².